The molecule has 0 heterocycles. The molecule has 0 aromatic heterocycles. The van der Waals surface area contributed by atoms with Crippen LogP contribution in [0.1, 0.15) is 24.8 Å². The Kier molecular flexibility index (Phi) is 6.61. The average molecular weight is 290 g/mol. The van der Waals surface area contributed by atoms with Gasteiger partial charge in [-0.25, -0.2) is 4.39 Å². The third-order valence-electron chi connectivity index (χ3n) is 2.26. The van der Waals surface area contributed by atoms with Crippen LogP contribution in [-0.2, 0) is 6.54 Å². The topological polar surface area (TPSA) is 32.3 Å². The van der Waals surface area contributed by atoms with Gasteiger partial charge in [0, 0.05) is 17.6 Å². The van der Waals surface area contributed by atoms with Crippen LogP contribution in [0, 0.1) is 5.82 Å². The van der Waals surface area contributed by atoms with Gasteiger partial charge in [-0.05, 0) is 49.6 Å². The Hall–Kier alpha value is -0.450. The molecule has 0 spiro atoms. The van der Waals surface area contributed by atoms with Gasteiger partial charge in [0.25, 0.3) is 0 Å². The molecule has 0 amide bonds. The fourth-order valence-corrected chi connectivity index (χ4v) is 2.00. The van der Waals surface area contributed by atoms with E-state index in [-0.39, 0.29) is 12.4 Å². The summed E-state index contributed by atoms with van der Waals surface area (Å²) < 4.78 is 13.8. The van der Waals surface area contributed by atoms with Gasteiger partial charge in [0.2, 0.25) is 0 Å². The Bertz CT molecular complexity index is 300. The van der Waals surface area contributed by atoms with Crippen LogP contribution in [0.4, 0.5) is 4.39 Å². The Morgan fingerprint density at radius 2 is 2.00 bits per heavy atom. The van der Waals surface area contributed by atoms with Crippen molar-refractivity contribution in [3.8, 4) is 0 Å². The smallest absolute Gasteiger partial charge is 0.124 e. The summed E-state index contributed by atoms with van der Waals surface area (Å²) in [5, 5.41) is 11.8. The molecule has 0 bridgehead atoms. The molecule has 0 atom stereocenters. The number of nitrogens with one attached hydrogen (secondary N) is 1. The molecule has 0 saturated carbocycles. The van der Waals surface area contributed by atoms with E-state index in [0.29, 0.717) is 6.54 Å². The summed E-state index contributed by atoms with van der Waals surface area (Å²) in [6.07, 6.45) is 2.92. The van der Waals surface area contributed by atoms with Crippen LogP contribution in [-0.4, -0.2) is 18.3 Å². The van der Waals surface area contributed by atoms with Gasteiger partial charge in [0.1, 0.15) is 5.82 Å². The van der Waals surface area contributed by atoms with E-state index in [1.165, 1.54) is 12.1 Å². The molecule has 0 aliphatic heterocycles. The van der Waals surface area contributed by atoms with Crippen LogP contribution in [0.2, 0.25) is 0 Å². The maximum absolute atomic E-state index is 13.0. The lowest BCUT2D eigenvalue weighted by molar-refractivity contribution is 0.283. The van der Waals surface area contributed by atoms with Gasteiger partial charge in [-0.15, -0.1) is 0 Å². The molecular formula is C12H17BrFNO. The largest absolute Gasteiger partial charge is 0.396 e. The van der Waals surface area contributed by atoms with Gasteiger partial charge in [0.15, 0.2) is 0 Å². The van der Waals surface area contributed by atoms with Crippen molar-refractivity contribution >= 4 is 15.9 Å². The zero-order valence-electron chi connectivity index (χ0n) is 9.18. The number of halogens is 2. The third-order valence-corrected chi connectivity index (χ3v) is 2.72. The van der Waals surface area contributed by atoms with Gasteiger partial charge < -0.3 is 10.4 Å². The lowest BCUT2D eigenvalue weighted by atomic mass is 10.2. The molecular weight excluding hydrogens is 273 g/mol. The quantitative estimate of drug-likeness (QED) is 0.757. The van der Waals surface area contributed by atoms with E-state index in [1.807, 2.05) is 6.07 Å². The first-order valence-corrected chi connectivity index (χ1v) is 6.28. The van der Waals surface area contributed by atoms with E-state index in [9.17, 15) is 4.39 Å². The molecule has 0 aliphatic rings. The SMILES string of the molecule is OCCCCCNCc1cc(F)cc(Br)c1. The van der Waals surface area contributed by atoms with E-state index in [2.05, 4.69) is 21.2 Å². The van der Waals surface area contributed by atoms with E-state index in [0.717, 1.165) is 35.8 Å². The molecule has 0 saturated heterocycles. The van der Waals surface area contributed by atoms with E-state index >= 15 is 0 Å². The molecule has 0 fully saturated rings. The second-order valence-electron chi connectivity index (χ2n) is 3.74. The number of rotatable bonds is 7. The molecule has 0 unspecified atom stereocenters. The molecule has 0 aliphatic carbocycles. The first kappa shape index (κ1) is 13.6. The highest BCUT2D eigenvalue weighted by molar-refractivity contribution is 9.10. The van der Waals surface area contributed by atoms with E-state index in [4.69, 9.17) is 5.11 Å². The maximum Gasteiger partial charge on any atom is 0.124 e. The van der Waals surface area contributed by atoms with Crippen molar-refractivity contribution < 1.29 is 9.50 Å². The lowest BCUT2D eigenvalue weighted by Crippen LogP contribution is -2.14. The minimum Gasteiger partial charge on any atom is -0.396 e. The van der Waals surface area contributed by atoms with Crippen LogP contribution in [0.25, 0.3) is 0 Å². The number of unbranched alkanes of at least 4 members (excludes halogenated alkanes) is 2. The number of hydrogen-bond acceptors (Lipinski definition) is 2. The minimum absolute atomic E-state index is 0.216. The number of aliphatic hydroxyl groups excluding tert-OH is 1. The number of benzene rings is 1. The standard InChI is InChI=1S/C12H17BrFNO/c13-11-6-10(7-12(14)8-11)9-15-4-2-1-3-5-16/h6-8,15-16H,1-5,9H2. The zero-order chi connectivity index (χ0) is 11.8. The molecule has 16 heavy (non-hydrogen) atoms. The number of hydrogen-bond donors (Lipinski definition) is 2. The highest BCUT2D eigenvalue weighted by atomic mass is 79.9. The van der Waals surface area contributed by atoms with Crippen molar-refractivity contribution in [2.75, 3.05) is 13.2 Å². The van der Waals surface area contributed by atoms with Gasteiger partial charge >= 0.3 is 0 Å². The Morgan fingerprint density at radius 3 is 2.69 bits per heavy atom. The predicted octanol–water partition coefficient (Wildman–Crippen LogP) is 2.84. The van der Waals surface area contributed by atoms with Crippen LogP contribution >= 0.6 is 15.9 Å². The molecule has 4 heteroatoms. The highest BCUT2D eigenvalue weighted by Gasteiger charge is 1.98. The summed E-state index contributed by atoms with van der Waals surface area (Å²) in [4.78, 5) is 0. The summed E-state index contributed by atoms with van der Waals surface area (Å²) in [5.74, 6) is -0.216. The van der Waals surface area contributed by atoms with Crippen LogP contribution in [0.3, 0.4) is 0 Å². The van der Waals surface area contributed by atoms with Crippen molar-refractivity contribution in [3.05, 3.63) is 34.1 Å². The molecule has 2 N–H and O–H groups in total. The van der Waals surface area contributed by atoms with Crippen molar-refractivity contribution in [1.82, 2.24) is 5.32 Å². The fourth-order valence-electron chi connectivity index (χ4n) is 1.48. The first-order chi connectivity index (χ1) is 7.72. The summed E-state index contributed by atoms with van der Waals surface area (Å²) in [6.45, 7) is 1.83. The van der Waals surface area contributed by atoms with Crippen LogP contribution in [0.5, 0.6) is 0 Å². The second kappa shape index (κ2) is 7.76. The summed E-state index contributed by atoms with van der Waals surface area (Å²) in [6, 6.07) is 4.89. The minimum atomic E-state index is -0.216. The fraction of sp³-hybridized carbons (Fsp3) is 0.500. The average Bonchev–Trinajstić information content (AvgIpc) is 2.22. The van der Waals surface area contributed by atoms with E-state index in [1.54, 1.807) is 0 Å². The van der Waals surface area contributed by atoms with Crippen molar-refractivity contribution in [1.29, 1.82) is 0 Å². The van der Waals surface area contributed by atoms with Gasteiger partial charge in [-0.1, -0.05) is 15.9 Å². The monoisotopic (exact) mass is 289 g/mol. The molecule has 0 radical (unpaired) electrons. The predicted molar refractivity (Wildman–Crippen MR) is 66.7 cm³/mol. The molecule has 1 rings (SSSR count). The molecule has 1 aromatic rings. The van der Waals surface area contributed by atoms with Crippen molar-refractivity contribution in [3.63, 3.8) is 0 Å². The third kappa shape index (κ3) is 5.58. The Morgan fingerprint density at radius 1 is 1.19 bits per heavy atom. The van der Waals surface area contributed by atoms with Crippen LogP contribution in [0.15, 0.2) is 22.7 Å². The van der Waals surface area contributed by atoms with Gasteiger partial charge in [-0.2, -0.15) is 0 Å². The summed E-state index contributed by atoms with van der Waals surface area (Å²) in [5.41, 5.74) is 0.939. The Balaban J connectivity index is 2.21. The maximum atomic E-state index is 13.0. The summed E-state index contributed by atoms with van der Waals surface area (Å²) in [7, 11) is 0. The molecule has 2 nitrogen and oxygen atoms in total. The molecule has 1 aromatic carbocycles. The number of aliphatic hydroxyl groups is 1. The molecule has 90 valence electrons. The second-order valence-corrected chi connectivity index (χ2v) is 4.65. The van der Waals surface area contributed by atoms with Gasteiger partial charge in [0.05, 0.1) is 0 Å². The van der Waals surface area contributed by atoms with Crippen molar-refractivity contribution in [2.45, 2.75) is 25.8 Å². The van der Waals surface area contributed by atoms with Crippen molar-refractivity contribution in [2.24, 2.45) is 0 Å². The first-order valence-electron chi connectivity index (χ1n) is 5.49. The van der Waals surface area contributed by atoms with E-state index < -0.39 is 0 Å². The normalized spacial score (nSPS) is 10.7. The summed E-state index contributed by atoms with van der Waals surface area (Å²) >= 11 is 3.26. The van der Waals surface area contributed by atoms with Gasteiger partial charge in [-0.3, -0.25) is 0 Å². The lowest BCUT2D eigenvalue weighted by Gasteiger charge is -2.05. The zero-order valence-corrected chi connectivity index (χ0v) is 10.8. The van der Waals surface area contributed by atoms with Crippen LogP contribution < -0.4 is 5.32 Å². The highest BCUT2D eigenvalue weighted by Crippen LogP contribution is 2.14. The Labute approximate surface area is 104 Å².